The van der Waals surface area contributed by atoms with E-state index in [4.69, 9.17) is 9.47 Å². The molecule has 1 unspecified atom stereocenters. The SMILES string of the molecule is COc1ccc(CN(C)CC2COCCN2)cc1. The van der Waals surface area contributed by atoms with Crippen LogP contribution in [0.3, 0.4) is 0 Å². The van der Waals surface area contributed by atoms with Crippen LogP contribution in [0.25, 0.3) is 0 Å². The van der Waals surface area contributed by atoms with Crippen LogP contribution in [0.2, 0.25) is 0 Å². The number of likely N-dealkylation sites (N-methyl/N-ethyl adjacent to an activating group) is 1. The van der Waals surface area contributed by atoms with Gasteiger partial charge in [-0.2, -0.15) is 0 Å². The van der Waals surface area contributed by atoms with Gasteiger partial charge in [0.15, 0.2) is 0 Å². The van der Waals surface area contributed by atoms with E-state index < -0.39 is 0 Å². The first-order chi connectivity index (χ1) is 8.78. The van der Waals surface area contributed by atoms with Crippen molar-refractivity contribution in [2.45, 2.75) is 12.6 Å². The Morgan fingerprint density at radius 2 is 2.17 bits per heavy atom. The largest absolute Gasteiger partial charge is 0.497 e. The zero-order valence-electron chi connectivity index (χ0n) is 11.2. The zero-order valence-corrected chi connectivity index (χ0v) is 11.2. The molecule has 0 saturated carbocycles. The Balaban J connectivity index is 1.80. The van der Waals surface area contributed by atoms with Gasteiger partial charge in [-0.1, -0.05) is 12.1 Å². The molecule has 1 saturated heterocycles. The molecule has 1 aromatic carbocycles. The number of nitrogens with zero attached hydrogens (tertiary/aromatic N) is 1. The van der Waals surface area contributed by atoms with Gasteiger partial charge in [-0.25, -0.2) is 0 Å². The lowest BCUT2D eigenvalue weighted by Gasteiger charge is -2.28. The second kappa shape index (κ2) is 6.73. The van der Waals surface area contributed by atoms with Crippen LogP contribution in [0.5, 0.6) is 5.75 Å². The summed E-state index contributed by atoms with van der Waals surface area (Å²) in [4.78, 5) is 2.31. The summed E-state index contributed by atoms with van der Waals surface area (Å²) in [6.07, 6.45) is 0. The zero-order chi connectivity index (χ0) is 12.8. The van der Waals surface area contributed by atoms with E-state index in [9.17, 15) is 0 Å². The van der Waals surface area contributed by atoms with Crippen LogP contribution >= 0.6 is 0 Å². The summed E-state index contributed by atoms with van der Waals surface area (Å²) in [7, 11) is 3.83. The van der Waals surface area contributed by atoms with E-state index in [1.54, 1.807) is 7.11 Å². The minimum Gasteiger partial charge on any atom is -0.497 e. The van der Waals surface area contributed by atoms with Gasteiger partial charge in [-0.15, -0.1) is 0 Å². The predicted octanol–water partition coefficient (Wildman–Crippen LogP) is 1.12. The average molecular weight is 250 g/mol. The van der Waals surface area contributed by atoms with Crippen LogP contribution in [-0.2, 0) is 11.3 Å². The van der Waals surface area contributed by atoms with Gasteiger partial charge in [-0.05, 0) is 24.7 Å². The Morgan fingerprint density at radius 3 is 2.78 bits per heavy atom. The lowest BCUT2D eigenvalue weighted by Crippen LogP contribution is -2.47. The van der Waals surface area contributed by atoms with E-state index in [1.165, 1.54) is 5.56 Å². The highest BCUT2D eigenvalue weighted by Gasteiger charge is 2.14. The molecule has 0 spiro atoms. The van der Waals surface area contributed by atoms with Crippen molar-refractivity contribution >= 4 is 0 Å². The molecule has 1 fully saturated rings. The third kappa shape index (κ3) is 3.98. The number of ether oxygens (including phenoxy) is 2. The van der Waals surface area contributed by atoms with Crippen molar-refractivity contribution in [3.8, 4) is 5.75 Å². The van der Waals surface area contributed by atoms with E-state index in [0.29, 0.717) is 6.04 Å². The third-order valence-corrected chi connectivity index (χ3v) is 3.14. The number of benzene rings is 1. The highest BCUT2D eigenvalue weighted by molar-refractivity contribution is 5.27. The smallest absolute Gasteiger partial charge is 0.118 e. The first kappa shape index (κ1) is 13.3. The molecule has 0 bridgehead atoms. The van der Waals surface area contributed by atoms with Gasteiger partial charge in [-0.3, -0.25) is 0 Å². The standard InChI is InChI=1S/C14H22N2O2/c1-16(10-13-11-18-8-7-15-13)9-12-3-5-14(17-2)6-4-12/h3-6,13,15H,7-11H2,1-2H3. The molecule has 0 radical (unpaired) electrons. The molecule has 100 valence electrons. The summed E-state index contributed by atoms with van der Waals surface area (Å²) in [5, 5.41) is 3.47. The molecule has 1 aliphatic rings. The molecule has 0 amide bonds. The first-order valence-electron chi connectivity index (χ1n) is 6.40. The highest BCUT2D eigenvalue weighted by atomic mass is 16.5. The van der Waals surface area contributed by atoms with Gasteiger partial charge in [0, 0.05) is 25.7 Å². The second-order valence-corrected chi connectivity index (χ2v) is 4.77. The number of methoxy groups -OCH3 is 1. The molecule has 4 heteroatoms. The minimum atomic E-state index is 0.446. The monoisotopic (exact) mass is 250 g/mol. The van der Waals surface area contributed by atoms with Crippen molar-refractivity contribution in [2.75, 3.05) is 40.5 Å². The third-order valence-electron chi connectivity index (χ3n) is 3.14. The fraction of sp³-hybridized carbons (Fsp3) is 0.571. The van der Waals surface area contributed by atoms with Crippen LogP contribution in [0, 0.1) is 0 Å². The van der Waals surface area contributed by atoms with Crippen LogP contribution in [-0.4, -0.2) is 51.4 Å². The Kier molecular flexibility index (Phi) is 4.99. The Bertz CT molecular complexity index is 347. The van der Waals surface area contributed by atoms with Crippen molar-refractivity contribution in [1.29, 1.82) is 0 Å². The maximum atomic E-state index is 5.46. The van der Waals surface area contributed by atoms with E-state index in [0.717, 1.165) is 38.6 Å². The normalized spacial score (nSPS) is 20.1. The van der Waals surface area contributed by atoms with Crippen LogP contribution in [0.1, 0.15) is 5.56 Å². The number of nitrogens with one attached hydrogen (secondary N) is 1. The number of morpholine rings is 1. The number of hydrogen-bond donors (Lipinski definition) is 1. The molecule has 0 aliphatic carbocycles. The predicted molar refractivity (Wildman–Crippen MR) is 71.9 cm³/mol. The molecule has 0 aromatic heterocycles. The van der Waals surface area contributed by atoms with Crippen molar-refractivity contribution in [2.24, 2.45) is 0 Å². The summed E-state index contributed by atoms with van der Waals surface area (Å²) in [6, 6.07) is 8.68. The molecule has 1 heterocycles. The van der Waals surface area contributed by atoms with Crippen LogP contribution in [0.4, 0.5) is 0 Å². The van der Waals surface area contributed by atoms with Gasteiger partial charge in [0.1, 0.15) is 5.75 Å². The maximum absolute atomic E-state index is 5.46. The molecule has 18 heavy (non-hydrogen) atoms. The van der Waals surface area contributed by atoms with Gasteiger partial charge >= 0.3 is 0 Å². The summed E-state index contributed by atoms with van der Waals surface area (Å²) >= 11 is 0. The lowest BCUT2D eigenvalue weighted by molar-refractivity contribution is 0.0645. The summed E-state index contributed by atoms with van der Waals surface area (Å²) < 4.78 is 10.6. The lowest BCUT2D eigenvalue weighted by atomic mass is 10.2. The van der Waals surface area contributed by atoms with E-state index >= 15 is 0 Å². The Hall–Kier alpha value is -1.10. The Morgan fingerprint density at radius 1 is 1.39 bits per heavy atom. The second-order valence-electron chi connectivity index (χ2n) is 4.77. The van der Waals surface area contributed by atoms with Crippen molar-refractivity contribution in [3.63, 3.8) is 0 Å². The average Bonchev–Trinajstić information content (AvgIpc) is 2.40. The van der Waals surface area contributed by atoms with Crippen LogP contribution in [0.15, 0.2) is 24.3 Å². The minimum absolute atomic E-state index is 0.446. The van der Waals surface area contributed by atoms with Crippen molar-refractivity contribution < 1.29 is 9.47 Å². The molecular weight excluding hydrogens is 228 g/mol. The van der Waals surface area contributed by atoms with E-state index in [-0.39, 0.29) is 0 Å². The molecule has 1 aromatic rings. The molecule has 1 aliphatic heterocycles. The fourth-order valence-electron chi connectivity index (χ4n) is 2.22. The first-order valence-corrected chi connectivity index (χ1v) is 6.40. The number of hydrogen-bond acceptors (Lipinski definition) is 4. The summed E-state index contributed by atoms with van der Waals surface area (Å²) in [5.41, 5.74) is 1.30. The van der Waals surface area contributed by atoms with Gasteiger partial charge in [0.25, 0.3) is 0 Å². The fourth-order valence-corrected chi connectivity index (χ4v) is 2.22. The quantitative estimate of drug-likeness (QED) is 0.849. The summed E-state index contributed by atoms with van der Waals surface area (Å²) in [5.74, 6) is 0.906. The van der Waals surface area contributed by atoms with E-state index in [1.807, 2.05) is 12.1 Å². The van der Waals surface area contributed by atoms with E-state index in [2.05, 4.69) is 29.4 Å². The van der Waals surface area contributed by atoms with Gasteiger partial charge in [0.2, 0.25) is 0 Å². The maximum Gasteiger partial charge on any atom is 0.118 e. The van der Waals surface area contributed by atoms with Crippen LogP contribution < -0.4 is 10.1 Å². The topological polar surface area (TPSA) is 33.7 Å². The highest BCUT2D eigenvalue weighted by Crippen LogP contribution is 2.12. The van der Waals surface area contributed by atoms with Gasteiger partial charge in [0.05, 0.1) is 20.3 Å². The summed E-state index contributed by atoms with van der Waals surface area (Å²) in [6.45, 7) is 4.56. The molecule has 4 nitrogen and oxygen atoms in total. The van der Waals surface area contributed by atoms with Gasteiger partial charge < -0.3 is 19.7 Å². The molecule has 1 atom stereocenters. The Labute approximate surface area is 109 Å². The van der Waals surface area contributed by atoms with Crippen molar-refractivity contribution in [1.82, 2.24) is 10.2 Å². The molecule has 1 N–H and O–H groups in total. The molecule has 2 rings (SSSR count). The molecular formula is C14H22N2O2. The van der Waals surface area contributed by atoms with Crippen molar-refractivity contribution in [3.05, 3.63) is 29.8 Å². The number of rotatable bonds is 5.